The van der Waals surface area contributed by atoms with Crippen molar-refractivity contribution < 1.29 is 4.79 Å². The Bertz CT molecular complexity index is 1380. The topological polar surface area (TPSA) is 134 Å². The van der Waals surface area contributed by atoms with E-state index >= 15 is 0 Å². The van der Waals surface area contributed by atoms with Gasteiger partial charge in [-0.1, -0.05) is 42.0 Å². The number of anilines is 1. The fourth-order valence-corrected chi connectivity index (χ4v) is 4.64. The number of imidazole rings is 1. The van der Waals surface area contributed by atoms with Crippen molar-refractivity contribution in [1.82, 2.24) is 18.7 Å². The van der Waals surface area contributed by atoms with Crippen LogP contribution in [-0.2, 0) is 24.8 Å². The van der Waals surface area contributed by atoms with Gasteiger partial charge in [0.05, 0.1) is 0 Å². The van der Waals surface area contributed by atoms with Gasteiger partial charge in [-0.2, -0.15) is 4.98 Å². The van der Waals surface area contributed by atoms with Crippen molar-refractivity contribution in [3.63, 3.8) is 0 Å². The van der Waals surface area contributed by atoms with E-state index in [1.807, 2.05) is 54.8 Å². The first-order valence-corrected chi connectivity index (χ1v) is 11.9. The summed E-state index contributed by atoms with van der Waals surface area (Å²) in [4.78, 5) is 46.6. The maximum Gasteiger partial charge on any atom is 0.333 e. The van der Waals surface area contributed by atoms with Crippen LogP contribution in [0.1, 0.15) is 38.3 Å². The lowest BCUT2D eigenvalue weighted by atomic mass is 10.1. The molecule has 10 heteroatoms. The molecule has 0 bridgehead atoms. The summed E-state index contributed by atoms with van der Waals surface area (Å²) in [5, 5.41) is 0. The molecule has 4 rings (SSSR count). The van der Waals surface area contributed by atoms with Crippen molar-refractivity contribution in [2.24, 2.45) is 18.5 Å². The standard InChI is InChI=1S/C25H33N7O3/c1-16(2)11-13-31-20-22(28-24(31)30-12-7-10-18(26)15-30)29(3)25(35)32(23(20)34)19(21(27)33)14-17-8-5-4-6-9-17/h4-6,8-9,11,18-19H,7,10,12-15,26H2,1-3H3,(H2,27,33). The number of carbonyl (C=O) groups excluding carboxylic acids is 1. The van der Waals surface area contributed by atoms with Crippen LogP contribution in [0, 0.1) is 0 Å². The van der Waals surface area contributed by atoms with Crippen molar-refractivity contribution >= 4 is 23.0 Å². The van der Waals surface area contributed by atoms with Crippen LogP contribution in [0.5, 0.6) is 0 Å². The Morgan fingerprint density at radius 2 is 1.94 bits per heavy atom. The number of primary amides is 1. The van der Waals surface area contributed by atoms with Gasteiger partial charge in [0.25, 0.3) is 5.56 Å². The maximum atomic E-state index is 13.9. The average Bonchev–Trinajstić information content (AvgIpc) is 3.21. The van der Waals surface area contributed by atoms with E-state index in [2.05, 4.69) is 4.90 Å². The number of aromatic nitrogens is 4. The summed E-state index contributed by atoms with van der Waals surface area (Å²) in [5.74, 6) is -0.152. The first-order valence-electron chi connectivity index (χ1n) is 11.9. The first kappa shape index (κ1) is 24.5. The molecule has 1 aliphatic rings. The lowest BCUT2D eigenvalue weighted by Gasteiger charge is -2.31. The molecular weight excluding hydrogens is 446 g/mol. The predicted octanol–water partition coefficient (Wildman–Crippen LogP) is 1.06. The molecule has 3 heterocycles. The molecule has 0 spiro atoms. The average molecular weight is 480 g/mol. The number of fused-ring (bicyclic) bond motifs is 1. The summed E-state index contributed by atoms with van der Waals surface area (Å²) in [6.07, 6.45) is 3.97. The van der Waals surface area contributed by atoms with Gasteiger partial charge in [-0.15, -0.1) is 0 Å². The zero-order chi connectivity index (χ0) is 25.3. The Balaban J connectivity index is 1.96. The Labute approximate surface area is 203 Å². The van der Waals surface area contributed by atoms with E-state index in [9.17, 15) is 14.4 Å². The van der Waals surface area contributed by atoms with E-state index in [1.165, 1.54) is 4.57 Å². The number of aryl methyl sites for hydroxylation is 1. The van der Waals surface area contributed by atoms with Crippen molar-refractivity contribution in [2.45, 2.75) is 51.7 Å². The minimum atomic E-state index is -1.13. The van der Waals surface area contributed by atoms with Crippen molar-refractivity contribution in [1.29, 1.82) is 0 Å². The number of nitrogens with two attached hydrogens (primary N) is 2. The number of rotatable bonds is 7. The summed E-state index contributed by atoms with van der Waals surface area (Å²) < 4.78 is 4.12. The highest BCUT2D eigenvalue weighted by molar-refractivity contribution is 5.80. The number of nitrogens with zero attached hydrogens (tertiary/aromatic N) is 5. The number of piperidine rings is 1. The molecule has 10 nitrogen and oxygen atoms in total. The van der Waals surface area contributed by atoms with Gasteiger partial charge >= 0.3 is 5.69 Å². The molecule has 0 aliphatic carbocycles. The summed E-state index contributed by atoms with van der Waals surface area (Å²) in [5.41, 5.74) is 13.1. The number of amides is 1. The van der Waals surface area contributed by atoms with E-state index in [0.717, 1.165) is 35.1 Å². The first-order chi connectivity index (χ1) is 16.7. The van der Waals surface area contributed by atoms with E-state index in [-0.39, 0.29) is 23.6 Å². The van der Waals surface area contributed by atoms with Gasteiger partial charge in [0.15, 0.2) is 11.2 Å². The van der Waals surface area contributed by atoms with Crippen LogP contribution in [0.3, 0.4) is 0 Å². The third-order valence-electron chi connectivity index (χ3n) is 6.50. The monoisotopic (exact) mass is 479 g/mol. The highest BCUT2D eigenvalue weighted by Gasteiger charge is 2.29. The van der Waals surface area contributed by atoms with E-state index < -0.39 is 23.2 Å². The zero-order valence-electron chi connectivity index (χ0n) is 20.5. The minimum Gasteiger partial charge on any atom is -0.368 e. The lowest BCUT2D eigenvalue weighted by molar-refractivity contribution is -0.121. The molecule has 1 aliphatic heterocycles. The summed E-state index contributed by atoms with van der Waals surface area (Å²) in [6, 6.07) is 8.07. The normalized spacial score (nSPS) is 16.9. The highest BCUT2D eigenvalue weighted by Crippen LogP contribution is 2.24. The largest absolute Gasteiger partial charge is 0.368 e. The van der Waals surface area contributed by atoms with Crippen LogP contribution >= 0.6 is 0 Å². The number of allylic oxidation sites excluding steroid dienone is 2. The fraction of sp³-hybridized carbons (Fsp3) is 0.440. The van der Waals surface area contributed by atoms with Gasteiger partial charge in [0.2, 0.25) is 11.9 Å². The summed E-state index contributed by atoms with van der Waals surface area (Å²) in [6.45, 7) is 5.72. The molecule has 4 N–H and O–H groups in total. The number of benzene rings is 1. The predicted molar refractivity (Wildman–Crippen MR) is 136 cm³/mol. The van der Waals surface area contributed by atoms with Crippen LogP contribution < -0.4 is 27.6 Å². The second-order valence-corrected chi connectivity index (χ2v) is 9.45. The van der Waals surface area contributed by atoms with Crippen molar-refractivity contribution in [2.75, 3.05) is 18.0 Å². The molecule has 3 aromatic rings. The molecular formula is C25H33N7O3. The van der Waals surface area contributed by atoms with Crippen molar-refractivity contribution in [3.05, 3.63) is 68.4 Å². The molecule has 2 atom stereocenters. The van der Waals surface area contributed by atoms with Crippen LogP contribution in [0.4, 0.5) is 5.95 Å². The van der Waals surface area contributed by atoms with E-state index in [0.29, 0.717) is 19.0 Å². The highest BCUT2D eigenvalue weighted by atomic mass is 16.2. The molecule has 1 aromatic carbocycles. The Hall–Kier alpha value is -3.66. The van der Waals surface area contributed by atoms with Gasteiger partial charge in [-0.25, -0.2) is 9.36 Å². The van der Waals surface area contributed by atoms with E-state index in [4.69, 9.17) is 16.5 Å². The molecule has 1 amide bonds. The quantitative estimate of drug-likeness (QED) is 0.487. The zero-order valence-corrected chi connectivity index (χ0v) is 20.5. The summed E-state index contributed by atoms with van der Waals surface area (Å²) in [7, 11) is 1.56. The Morgan fingerprint density at radius 3 is 2.57 bits per heavy atom. The fourth-order valence-electron chi connectivity index (χ4n) is 4.64. The lowest BCUT2D eigenvalue weighted by Crippen LogP contribution is -2.46. The molecule has 0 saturated carbocycles. The van der Waals surface area contributed by atoms with Crippen LogP contribution in [0.15, 0.2) is 51.6 Å². The second kappa shape index (κ2) is 9.91. The van der Waals surface area contributed by atoms with Gasteiger partial charge < -0.3 is 20.9 Å². The minimum absolute atomic E-state index is 0.00561. The summed E-state index contributed by atoms with van der Waals surface area (Å²) >= 11 is 0. The molecule has 186 valence electrons. The molecule has 1 saturated heterocycles. The van der Waals surface area contributed by atoms with Gasteiger partial charge in [0.1, 0.15) is 6.04 Å². The van der Waals surface area contributed by atoms with E-state index in [1.54, 1.807) is 7.05 Å². The van der Waals surface area contributed by atoms with Gasteiger partial charge in [0, 0.05) is 39.1 Å². The number of carbonyl (C=O) groups is 1. The second-order valence-electron chi connectivity index (χ2n) is 9.45. The van der Waals surface area contributed by atoms with Crippen molar-refractivity contribution in [3.8, 4) is 0 Å². The number of hydrogen-bond donors (Lipinski definition) is 2. The van der Waals surface area contributed by atoms with Crippen LogP contribution in [-0.4, -0.2) is 43.7 Å². The third kappa shape index (κ3) is 4.79. The molecule has 35 heavy (non-hydrogen) atoms. The Morgan fingerprint density at radius 1 is 1.23 bits per heavy atom. The van der Waals surface area contributed by atoms with Gasteiger partial charge in [-0.05, 0) is 32.3 Å². The smallest absolute Gasteiger partial charge is 0.333 e. The Kier molecular flexibility index (Phi) is 6.93. The number of hydrogen-bond acceptors (Lipinski definition) is 6. The molecule has 2 unspecified atom stereocenters. The molecule has 0 radical (unpaired) electrons. The SMILES string of the molecule is CC(C)=CCn1c(N2CCCC(N)C2)nc2c1c(=O)n(C(Cc1ccccc1)C(N)=O)c(=O)n2C. The van der Waals surface area contributed by atoms with Crippen LogP contribution in [0.25, 0.3) is 11.2 Å². The molecule has 1 fully saturated rings. The third-order valence-corrected chi connectivity index (χ3v) is 6.50. The molecule has 2 aromatic heterocycles. The maximum absolute atomic E-state index is 13.9. The van der Waals surface area contributed by atoms with Crippen LogP contribution in [0.2, 0.25) is 0 Å². The van der Waals surface area contributed by atoms with Gasteiger partial charge in [-0.3, -0.25) is 14.2 Å².